The second-order valence-electron chi connectivity index (χ2n) is 6.09. The number of hydrogen-bond acceptors (Lipinski definition) is 4. The second kappa shape index (κ2) is 4.42. The molecule has 4 heteroatoms. The summed E-state index contributed by atoms with van der Waals surface area (Å²) in [5.74, 6) is 1.08. The first-order valence-electron chi connectivity index (χ1n) is 7.36. The van der Waals surface area contributed by atoms with Crippen LogP contribution < -0.4 is 5.32 Å². The van der Waals surface area contributed by atoms with Crippen LogP contribution in [0.15, 0.2) is 22.6 Å². The number of benzene rings is 1. The van der Waals surface area contributed by atoms with Crippen molar-refractivity contribution in [2.75, 3.05) is 0 Å². The molecule has 2 bridgehead atoms. The molecule has 2 aromatic rings. The highest BCUT2D eigenvalue weighted by atomic mass is 16.3. The molecule has 1 N–H and O–H groups in total. The quantitative estimate of drug-likeness (QED) is 0.853. The molecule has 0 spiro atoms. The molecule has 0 aliphatic carbocycles. The second-order valence-corrected chi connectivity index (χ2v) is 6.09. The van der Waals surface area contributed by atoms with Crippen molar-refractivity contribution in [3.05, 3.63) is 29.7 Å². The number of piperidine rings is 1. The molecule has 4 nitrogen and oxygen atoms in total. The number of nitrogens with one attached hydrogen (secondary N) is 1. The van der Waals surface area contributed by atoms with E-state index in [-0.39, 0.29) is 11.7 Å². The van der Waals surface area contributed by atoms with Crippen molar-refractivity contribution in [2.45, 2.75) is 44.7 Å². The Hall–Kier alpha value is -1.68. The van der Waals surface area contributed by atoms with Gasteiger partial charge in [-0.3, -0.25) is 4.79 Å². The zero-order valence-corrected chi connectivity index (χ0v) is 11.6. The Morgan fingerprint density at radius 2 is 2.05 bits per heavy atom. The van der Waals surface area contributed by atoms with Gasteiger partial charge >= 0.3 is 0 Å². The van der Waals surface area contributed by atoms with E-state index in [1.807, 2.05) is 25.1 Å². The average molecular weight is 270 g/mol. The Morgan fingerprint density at radius 1 is 1.30 bits per heavy atom. The van der Waals surface area contributed by atoms with E-state index in [0.29, 0.717) is 18.0 Å². The van der Waals surface area contributed by atoms with E-state index in [4.69, 9.17) is 4.42 Å². The van der Waals surface area contributed by atoms with E-state index in [0.717, 1.165) is 29.5 Å². The molecular weight excluding hydrogens is 252 g/mol. The van der Waals surface area contributed by atoms with Gasteiger partial charge in [0.2, 0.25) is 0 Å². The molecule has 4 rings (SSSR count). The zero-order valence-electron chi connectivity index (χ0n) is 11.6. The van der Waals surface area contributed by atoms with Crippen LogP contribution in [-0.4, -0.2) is 22.9 Å². The number of carbonyl (C=O) groups excluding carboxylic acids is 1. The topological polar surface area (TPSA) is 55.1 Å². The molecular formula is C16H18N2O2. The predicted octanol–water partition coefficient (Wildman–Crippen LogP) is 2.85. The summed E-state index contributed by atoms with van der Waals surface area (Å²) >= 11 is 0. The molecule has 2 fully saturated rings. The van der Waals surface area contributed by atoms with Crippen LogP contribution in [0.25, 0.3) is 11.1 Å². The van der Waals surface area contributed by atoms with Crippen LogP contribution in [0.1, 0.15) is 41.9 Å². The number of fused-ring (bicyclic) bond motifs is 3. The molecule has 2 aliphatic heterocycles. The molecule has 3 heterocycles. The normalized spacial score (nSPS) is 28.9. The number of hydrogen-bond donors (Lipinski definition) is 1. The summed E-state index contributed by atoms with van der Waals surface area (Å²) in [6.07, 6.45) is 4.39. The highest BCUT2D eigenvalue weighted by molar-refractivity contribution is 6.00. The van der Waals surface area contributed by atoms with Gasteiger partial charge in [-0.15, -0.1) is 0 Å². The van der Waals surface area contributed by atoms with Crippen LogP contribution in [0.3, 0.4) is 0 Å². The summed E-state index contributed by atoms with van der Waals surface area (Å²) in [4.78, 5) is 17.0. The third-order valence-corrected chi connectivity index (χ3v) is 4.62. The largest absolute Gasteiger partial charge is 0.441 e. The minimum Gasteiger partial charge on any atom is -0.441 e. The molecule has 0 radical (unpaired) electrons. The van der Waals surface area contributed by atoms with Crippen LogP contribution in [-0.2, 0) is 0 Å². The fourth-order valence-electron chi connectivity index (χ4n) is 3.70. The number of aryl methyl sites for hydroxylation is 1. The summed E-state index contributed by atoms with van der Waals surface area (Å²) in [5, 5.41) is 3.58. The Morgan fingerprint density at radius 3 is 2.80 bits per heavy atom. The Labute approximate surface area is 117 Å². The number of carbonyl (C=O) groups is 1. The van der Waals surface area contributed by atoms with Crippen molar-refractivity contribution in [1.29, 1.82) is 0 Å². The standard InChI is InChI=1S/C16H18N2O2/c1-9-17-14-8-10(2-5-15(14)20-9)16(19)11-6-12-3-4-13(7-11)18-12/h2,5,8,11-13,18H,3-4,6-7H2,1H3. The van der Waals surface area contributed by atoms with Crippen molar-refractivity contribution in [3.63, 3.8) is 0 Å². The van der Waals surface area contributed by atoms with E-state index in [9.17, 15) is 4.79 Å². The predicted molar refractivity (Wildman–Crippen MR) is 75.7 cm³/mol. The molecule has 2 saturated heterocycles. The molecule has 20 heavy (non-hydrogen) atoms. The number of nitrogens with zero attached hydrogens (tertiary/aromatic N) is 1. The molecule has 0 saturated carbocycles. The van der Waals surface area contributed by atoms with E-state index in [2.05, 4.69) is 10.3 Å². The highest BCUT2D eigenvalue weighted by Gasteiger charge is 2.36. The molecule has 2 aliphatic rings. The third-order valence-electron chi connectivity index (χ3n) is 4.62. The van der Waals surface area contributed by atoms with Gasteiger partial charge in [0.25, 0.3) is 0 Å². The lowest BCUT2D eigenvalue weighted by Crippen LogP contribution is -2.40. The summed E-state index contributed by atoms with van der Waals surface area (Å²) in [7, 11) is 0. The minimum atomic E-state index is 0.166. The van der Waals surface area contributed by atoms with Gasteiger partial charge in [0.1, 0.15) is 5.52 Å². The van der Waals surface area contributed by atoms with Crippen LogP contribution in [0.5, 0.6) is 0 Å². The number of rotatable bonds is 2. The van der Waals surface area contributed by atoms with Gasteiger partial charge in [-0.2, -0.15) is 0 Å². The summed E-state index contributed by atoms with van der Waals surface area (Å²) in [6.45, 7) is 1.83. The van der Waals surface area contributed by atoms with Crippen LogP contribution in [0.2, 0.25) is 0 Å². The van der Waals surface area contributed by atoms with E-state index in [1.165, 1.54) is 12.8 Å². The van der Waals surface area contributed by atoms with Crippen molar-refractivity contribution in [1.82, 2.24) is 10.3 Å². The Kier molecular flexibility index (Phi) is 2.67. The van der Waals surface area contributed by atoms with Crippen molar-refractivity contribution < 1.29 is 9.21 Å². The van der Waals surface area contributed by atoms with E-state index < -0.39 is 0 Å². The van der Waals surface area contributed by atoms with Crippen molar-refractivity contribution >= 4 is 16.9 Å². The fourth-order valence-corrected chi connectivity index (χ4v) is 3.70. The van der Waals surface area contributed by atoms with Gasteiger partial charge in [0, 0.05) is 30.5 Å². The minimum absolute atomic E-state index is 0.166. The first-order chi connectivity index (χ1) is 9.69. The average Bonchev–Trinajstić information content (AvgIpc) is 2.98. The zero-order chi connectivity index (χ0) is 13.7. The maximum atomic E-state index is 12.7. The van der Waals surface area contributed by atoms with Crippen molar-refractivity contribution in [2.24, 2.45) is 5.92 Å². The molecule has 0 amide bonds. The Balaban J connectivity index is 1.63. The maximum Gasteiger partial charge on any atom is 0.192 e. The molecule has 2 unspecified atom stereocenters. The van der Waals surface area contributed by atoms with Gasteiger partial charge in [-0.05, 0) is 43.9 Å². The van der Waals surface area contributed by atoms with E-state index in [1.54, 1.807) is 0 Å². The fraction of sp³-hybridized carbons (Fsp3) is 0.500. The smallest absolute Gasteiger partial charge is 0.192 e. The van der Waals surface area contributed by atoms with Gasteiger partial charge in [0.05, 0.1) is 0 Å². The maximum absolute atomic E-state index is 12.7. The first kappa shape index (κ1) is 12.1. The van der Waals surface area contributed by atoms with Gasteiger partial charge < -0.3 is 9.73 Å². The number of ketones is 1. The van der Waals surface area contributed by atoms with Crippen LogP contribution >= 0.6 is 0 Å². The molecule has 2 atom stereocenters. The van der Waals surface area contributed by atoms with Crippen LogP contribution in [0.4, 0.5) is 0 Å². The monoisotopic (exact) mass is 270 g/mol. The number of oxazole rings is 1. The van der Waals surface area contributed by atoms with Gasteiger partial charge in [-0.1, -0.05) is 0 Å². The SMILES string of the molecule is Cc1nc2cc(C(=O)C3CC4CCC(C3)N4)ccc2o1. The lowest BCUT2D eigenvalue weighted by atomic mass is 9.86. The number of aromatic nitrogens is 1. The third kappa shape index (κ3) is 1.95. The molecule has 1 aromatic heterocycles. The Bertz CT molecular complexity index is 664. The summed E-state index contributed by atoms with van der Waals surface area (Å²) in [5.41, 5.74) is 2.31. The highest BCUT2D eigenvalue weighted by Crippen LogP contribution is 2.33. The summed E-state index contributed by atoms with van der Waals surface area (Å²) < 4.78 is 5.46. The molecule has 1 aromatic carbocycles. The first-order valence-corrected chi connectivity index (χ1v) is 7.36. The van der Waals surface area contributed by atoms with Gasteiger partial charge in [0.15, 0.2) is 17.3 Å². The van der Waals surface area contributed by atoms with E-state index >= 15 is 0 Å². The molecule has 104 valence electrons. The van der Waals surface area contributed by atoms with Crippen molar-refractivity contribution in [3.8, 4) is 0 Å². The lowest BCUT2D eigenvalue weighted by molar-refractivity contribution is 0.0876. The van der Waals surface area contributed by atoms with Crippen LogP contribution in [0, 0.1) is 12.8 Å². The van der Waals surface area contributed by atoms with Gasteiger partial charge in [-0.25, -0.2) is 4.98 Å². The number of Topliss-reactive ketones (excluding diaryl/α,β-unsaturated/α-hetero) is 1. The lowest BCUT2D eigenvalue weighted by Gasteiger charge is -2.28. The summed E-state index contributed by atoms with van der Waals surface area (Å²) in [6, 6.07) is 6.69.